The SMILES string of the molecule is Cc1c(C=C2SC(=S)N(Cc3ccco3)C2=O)c(N2CCN(c3ccccc3F)CC2)n(C)c(=O)c1C#N. The summed E-state index contributed by atoms with van der Waals surface area (Å²) in [6.07, 6.45) is 3.26. The van der Waals surface area contributed by atoms with Crippen molar-refractivity contribution in [2.45, 2.75) is 13.5 Å². The number of carbonyl (C=O) groups excluding carboxylic acids is 1. The largest absolute Gasteiger partial charge is 0.467 e. The van der Waals surface area contributed by atoms with E-state index in [2.05, 4.69) is 0 Å². The summed E-state index contributed by atoms with van der Waals surface area (Å²) >= 11 is 6.65. The van der Waals surface area contributed by atoms with Gasteiger partial charge in [0.05, 0.1) is 23.4 Å². The topological polar surface area (TPSA) is 85.7 Å². The molecular formula is C27H24FN5O3S2. The van der Waals surface area contributed by atoms with Crippen LogP contribution in [0.1, 0.15) is 22.5 Å². The van der Waals surface area contributed by atoms with E-state index >= 15 is 0 Å². The molecular weight excluding hydrogens is 525 g/mol. The minimum atomic E-state index is -0.404. The zero-order valence-corrected chi connectivity index (χ0v) is 22.4. The van der Waals surface area contributed by atoms with Crippen LogP contribution in [-0.4, -0.2) is 45.9 Å². The number of aromatic nitrogens is 1. The van der Waals surface area contributed by atoms with Gasteiger partial charge in [-0.25, -0.2) is 4.39 Å². The monoisotopic (exact) mass is 549 g/mol. The minimum absolute atomic E-state index is 0.0264. The number of hydrogen-bond donors (Lipinski definition) is 0. The van der Waals surface area contributed by atoms with Gasteiger partial charge in [-0.2, -0.15) is 5.26 Å². The molecule has 11 heteroatoms. The van der Waals surface area contributed by atoms with E-state index in [0.29, 0.717) is 63.8 Å². The third kappa shape index (κ3) is 4.61. The molecule has 2 aliphatic heterocycles. The van der Waals surface area contributed by atoms with E-state index in [4.69, 9.17) is 16.6 Å². The zero-order valence-electron chi connectivity index (χ0n) is 20.8. The lowest BCUT2D eigenvalue weighted by molar-refractivity contribution is -0.122. The highest BCUT2D eigenvalue weighted by molar-refractivity contribution is 8.26. The summed E-state index contributed by atoms with van der Waals surface area (Å²) in [5, 5.41) is 9.73. The maximum Gasteiger partial charge on any atom is 0.270 e. The Balaban J connectivity index is 1.50. The molecule has 0 aliphatic carbocycles. The van der Waals surface area contributed by atoms with Gasteiger partial charge < -0.3 is 14.2 Å². The molecule has 38 heavy (non-hydrogen) atoms. The molecule has 8 nitrogen and oxygen atoms in total. The molecule has 1 aromatic carbocycles. The molecule has 5 rings (SSSR count). The fourth-order valence-electron chi connectivity index (χ4n) is 4.79. The van der Waals surface area contributed by atoms with Gasteiger partial charge in [0.15, 0.2) is 0 Å². The fraction of sp³-hybridized carbons (Fsp3) is 0.259. The molecule has 0 atom stereocenters. The van der Waals surface area contributed by atoms with Crippen molar-refractivity contribution >= 4 is 51.8 Å². The van der Waals surface area contributed by atoms with Gasteiger partial charge in [0.2, 0.25) is 0 Å². The number of halogens is 1. The van der Waals surface area contributed by atoms with Gasteiger partial charge in [0, 0.05) is 38.8 Å². The smallest absolute Gasteiger partial charge is 0.270 e. The number of piperazine rings is 1. The molecule has 0 saturated carbocycles. The number of nitrogens with zero attached hydrogens (tertiary/aromatic N) is 5. The molecule has 0 radical (unpaired) electrons. The highest BCUT2D eigenvalue weighted by atomic mass is 32.2. The standard InChI is InChI=1S/C27H24FN5O3S2/c1-17-19(14-23-26(35)33(27(37)38-23)16-18-6-5-13-36-18)24(30(2)25(34)20(17)15-29)32-11-9-31(10-12-32)22-8-4-3-7-21(22)28/h3-8,13-14H,9-12,16H2,1-2H3. The number of amides is 1. The van der Waals surface area contributed by atoms with Crippen LogP contribution in [0, 0.1) is 24.1 Å². The van der Waals surface area contributed by atoms with Crippen molar-refractivity contribution < 1.29 is 13.6 Å². The lowest BCUT2D eigenvalue weighted by atomic mass is 10.0. The number of rotatable bonds is 5. The Bertz CT molecular complexity index is 1550. The van der Waals surface area contributed by atoms with Crippen LogP contribution < -0.4 is 15.4 Å². The summed E-state index contributed by atoms with van der Waals surface area (Å²) < 4.78 is 21.6. The van der Waals surface area contributed by atoms with Crippen molar-refractivity contribution in [1.29, 1.82) is 5.26 Å². The molecule has 0 N–H and O–H groups in total. The molecule has 2 saturated heterocycles. The van der Waals surface area contributed by atoms with Crippen molar-refractivity contribution in [3.8, 4) is 6.07 Å². The number of thioether (sulfide) groups is 1. The summed E-state index contributed by atoms with van der Waals surface area (Å²) in [6, 6.07) is 12.2. The van der Waals surface area contributed by atoms with Crippen molar-refractivity contribution in [3.63, 3.8) is 0 Å². The van der Waals surface area contributed by atoms with Gasteiger partial charge in [0.25, 0.3) is 11.5 Å². The van der Waals surface area contributed by atoms with E-state index in [-0.39, 0.29) is 23.8 Å². The van der Waals surface area contributed by atoms with Crippen LogP contribution in [0.4, 0.5) is 15.9 Å². The molecule has 2 aromatic heterocycles. The second-order valence-corrected chi connectivity index (χ2v) is 10.7. The fourth-order valence-corrected chi connectivity index (χ4v) is 6.02. The number of pyridine rings is 1. The summed E-state index contributed by atoms with van der Waals surface area (Å²) in [6.45, 7) is 4.06. The van der Waals surface area contributed by atoms with Crippen molar-refractivity contribution in [2.24, 2.45) is 7.05 Å². The molecule has 0 bridgehead atoms. The summed E-state index contributed by atoms with van der Waals surface area (Å²) in [5.74, 6) is 0.676. The Morgan fingerprint density at radius 2 is 1.84 bits per heavy atom. The number of furan rings is 1. The predicted octanol–water partition coefficient (Wildman–Crippen LogP) is 4.03. The third-order valence-electron chi connectivity index (χ3n) is 6.78. The van der Waals surface area contributed by atoms with Crippen LogP contribution in [0.15, 0.2) is 56.8 Å². The molecule has 0 unspecified atom stereocenters. The Labute approximate surface area is 228 Å². The second-order valence-electron chi connectivity index (χ2n) is 8.99. The minimum Gasteiger partial charge on any atom is -0.467 e. The number of nitriles is 1. The van der Waals surface area contributed by atoms with E-state index in [0.717, 1.165) is 0 Å². The highest BCUT2D eigenvalue weighted by Crippen LogP contribution is 2.36. The molecule has 3 aromatic rings. The first kappa shape index (κ1) is 25.8. The van der Waals surface area contributed by atoms with Crippen molar-refractivity contribution in [1.82, 2.24) is 9.47 Å². The maximum absolute atomic E-state index is 14.4. The normalized spacial score (nSPS) is 17.0. The van der Waals surface area contributed by atoms with Gasteiger partial charge in [-0.3, -0.25) is 19.1 Å². The van der Waals surface area contributed by atoms with Crippen LogP contribution in [0.5, 0.6) is 0 Å². The maximum atomic E-state index is 14.4. The van der Waals surface area contributed by atoms with Gasteiger partial charge in [0.1, 0.15) is 33.3 Å². The third-order valence-corrected chi connectivity index (χ3v) is 8.16. The number of hydrogen-bond acceptors (Lipinski definition) is 8. The van der Waals surface area contributed by atoms with Gasteiger partial charge >= 0.3 is 0 Å². The van der Waals surface area contributed by atoms with E-state index in [1.165, 1.54) is 33.6 Å². The van der Waals surface area contributed by atoms with Gasteiger partial charge in [-0.1, -0.05) is 36.1 Å². The van der Waals surface area contributed by atoms with Crippen molar-refractivity contribution in [2.75, 3.05) is 36.0 Å². The lowest BCUT2D eigenvalue weighted by Gasteiger charge is -2.38. The van der Waals surface area contributed by atoms with Gasteiger partial charge in [-0.15, -0.1) is 0 Å². The highest BCUT2D eigenvalue weighted by Gasteiger charge is 2.34. The van der Waals surface area contributed by atoms with Crippen LogP contribution in [-0.2, 0) is 18.4 Å². The molecule has 0 spiro atoms. The number of para-hydroxylation sites is 1. The zero-order chi connectivity index (χ0) is 27.0. The predicted molar refractivity (Wildman–Crippen MR) is 149 cm³/mol. The van der Waals surface area contributed by atoms with E-state index in [9.17, 15) is 19.2 Å². The number of anilines is 2. The summed E-state index contributed by atoms with van der Waals surface area (Å²) in [5.41, 5.74) is 1.27. The van der Waals surface area contributed by atoms with E-state index in [1.54, 1.807) is 50.4 Å². The first-order chi connectivity index (χ1) is 18.3. The average molecular weight is 550 g/mol. The van der Waals surface area contributed by atoms with E-state index in [1.807, 2.05) is 15.9 Å². The average Bonchev–Trinajstić information content (AvgIpc) is 3.52. The first-order valence-electron chi connectivity index (χ1n) is 12.0. The van der Waals surface area contributed by atoms with Crippen LogP contribution in [0.2, 0.25) is 0 Å². The Morgan fingerprint density at radius 1 is 1.13 bits per heavy atom. The Hall–Kier alpha value is -3.88. The van der Waals surface area contributed by atoms with Crippen LogP contribution >= 0.6 is 24.0 Å². The van der Waals surface area contributed by atoms with Crippen LogP contribution in [0.3, 0.4) is 0 Å². The molecule has 2 aliphatic rings. The Kier molecular flexibility index (Phi) is 7.10. The van der Waals surface area contributed by atoms with Gasteiger partial charge in [-0.05, 0) is 42.8 Å². The van der Waals surface area contributed by atoms with Crippen LogP contribution in [0.25, 0.3) is 6.08 Å². The first-order valence-corrected chi connectivity index (χ1v) is 13.2. The number of carbonyl (C=O) groups is 1. The molecule has 4 heterocycles. The quantitative estimate of drug-likeness (QED) is 0.349. The Morgan fingerprint density at radius 3 is 2.50 bits per heavy atom. The van der Waals surface area contributed by atoms with Crippen molar-refractivity contribution in [3.05, 3.63) is 86.2 Å². The summed E-state index contributed by atoms with van der Waals surface area (Å²) in [7, 11) is 1.63. The second kappa shape index (κ2) is 10.5. The molecule has 1 amide bonds. The molecule has 2 fully saturated rings. The summed E-state index contributed by atoms with van der Waals surface area (Å²) in [4.78, 5) is 32.3. The number of benzene rings is 1. The lowest BCUT2D eigenvalue weighted by Crippen LogP contribution is -2.48. The van der Waals surface area contributed by atoms with E-state index < -0.39 is 5.56 Å². The number of thiocarbonyl (C=S) groups is 1. The molecule has 194 valence electrons.